The summed E-state index contributed by atoms with van der Waals surface area (Å²) in [5, 5.41) is 12.4. The molecule has 0 spiro atoms. The molecule has 0 bridgehead atoms. The Morgan fingerprint density at radius 3 is 1.53 bits per heavy atom. The summed E-state index contributed by atoms with van der Waals surface area (Å²) < 4.78 is 0. The van der Waals surface area contributed by atoms with Crippen LogP contribution in [0.4, 0.5) is 0 Å². The van der Waals surface area contributed by atoms with Gasteiger partial charge in [0.25, 0.3) is 0 Å². The fourth-order valence-electron chi connectivity index (χ4n) is 4.16. The molecule has 2 rings (SSSR count). The molecule has 0 unspecified atom stereocenters. The molecule has 3 nitrogen and oxygen atoms in total. The van der Waals surface area contributed by atoms with Crippen LogP contribution in [0.3, 0.4) is 0 Å². The molecule has 0 aliphatic rings. The van der Waals surface area contributed by atoms with Crippen molar-refractivity contribution in [1.29, 1.82) is 0 Å². The summed E-state index contributed by atoms with van der Waals surface area (Å²) in [5.41, 5.74) is 1.38. The van der Waals surface area contributed by atoms with Gasteiger partial charge in [-0.2, -0.15) is 0 Å². The number of carboxylic acid groups (broad SMARTS) is 1. The second-order valence-electron chi connectivity index (χ2n) is 9.74. The van der Waals surface area contributed by atoms with Gasteiger partial charge in [0.05, 0.1) is 5.56 Å². The Morgan fingerprint density at radius 2 is 1.11 bits per heavy atom. The van der Waals surface area contributed by atoms with Crippen molar-refractivity contribution in [3.8, 4) is 0 Å². The number of carboxylic acids is 1. The first-order valence-corrected chi connectivity index (χ1v) is 15.1. The molecule has 0 aromatic heterocycles. The van der Waals surface area contributed by atoms with E-state index in [-0.39, 0.29) is 32.9 Å². The summed E-state index contributed by atoms with van der Waals surface area (Å²) in [6, 6.07) is 16.3. The van der Waals surface area contributed by atoms with Crippen LogP contribution in [0, 0.1) is 0 Å². The van der Waals surface area contributed by atoms with Crippen LogP contribution in [0.15, 0.2) is 54.6 Å². The molecule has 0 amide bonds. The predicted molar refractivity (Wildman–Crippen MR) is 173 cm³/mol. The topological polar surface area (TPSA) is 49.3 Å². The van der Waals surface area contributed by atoms with E-state index >= 15 is 0 Å². The van der Waals surface area contributed by atoms with Gasteiger partial charge < -0.3 is 10.4 Å². The van der Waals surface area contributed by atoms with Crippen molar-refractivity contribution in [1.82, 2.24) is 5.32 Å². The summed E-state index contributed by atoms with van der Waals surface area (Å²) in [6.07, 6.45) is 22.6. The van der Waals surface area contributed by atoms with Crippen LogP contribution >= 0.6 is 23.8 Å². The molecule has 2 aromatic rings. The van der Waals surface area contributed by atoms with E-state index < -0.39 is 5.97 Å². The molecule has 0 saturated carbocycles. The summed E-state index contributed by atoms with van der Waals surface area (Å²) in [4.78, 5) is 11.2. The number of rotatable bonds is 19. The Hall–Kier alpha value is -0.988. The summed E-state index contributed by atoms with van der Waals surface area (Å²) >= 11 is 10.9. The van der Waals surface area contributed by atoms with Crippen molar-refractivity contribution in [2.45, 2.75) is 110 Å². The van der Waals surface area contributed by atoms with Crippen molar-refractivity contribution in [3.63, 3.8) is 0 Å². The molecular weight excluding hydrogens is 705 g/mol. The second kappa shape index (κ2) is 26.2. The first-order valence-electron chi connectivity index (χ1n) is 14.4. The molecular formula is C32H50ClNO2PbS. The Kier molecular flexibility index (Phi) is 25.6. The minimum absolute atomic E-state index is 0. The average molecular weight is 755 g/mol. The number of thiocarbonyl (C=S) groups is 1. The van der Waals surface area contributed by atoms with E-state index in [4.69, 9.17) is 28.9 Å². The van der Waals surface area contributed by atoms with E-state index in [0.29, 0.717) is 5.02 Å². The Morgan fingerprint density at radius 1 is 0.684 bits per heavy atom. The van der Waals surface area contributed by atoms with E-state index in [1.165, 1.54) is 115 Å². The summed E-state index contributed by atoms with van der Waals surface area (Å²) in [6.45, 7) is 3.30. The van der Waals surface area contributed by atoms with Crippen molar-refractivity contribution in [3.05, 3.63) is 70.7 Å². The van der Waals surface area contributed by atoms with Gasteiger partial charge in [-0.1, -0.05) is 157 Å². The van der Waals surface area contributed by atoms with Gasteiger partial charge in [0.2, 0.25) is 0 Å². The normalized spacial score (nSPS) is 10.2. The van der Waals surface area contributed by atoms with Crippen LogP contribution in [0.1, 0.15) is 126 Å². The molecule has 0 saturated heterocycles. The van der Waals surface area contributed by atoms with Gasteiger partial charge in [0, 0.05) is 17.1 Å². The fourth-order valence-corrected chi connectivity index (χ4v) is 4.52. The van der Waals surface area contributed by atoms with E-state index in [2.05, 4.69) is 24.4 Å². The Labute approximate surface area is 262 Å². The number of halogens is 1. The van der Waals surface area contributed by atoms with Crippen molar-refractivity contribution in [2.75, 3.05) is 6.54 Å². The molecule has 0 atom stereocenters. The zero-order valence-electron chi connectivity index (χ0n) is 23.6. The fraction of sp³-hybridized carbons (Fsp3) is 0.562. The number of nitrogens with one attached hydrogen (secondary N) is 1. The van der Waals surface area contributed by atoms with Crippen LogP contribution in [-0.2, 0) is 0 Å². The first-order chi connectivity index (χ1) is 18.0. The SMILES string of the molecule is CCCCCCCCCCCCCCCCCCNC(=S)c1ccccc1.O=C(O)c1ccc(Cl)cc1.[PbH2]. The van der Waals surface area contributed by atoms with Gasteiger partial charge in [-0.05, 0) is 30.7 Å². The third-order valence-corrected chi connectivity index (χ3v) is 7.08. The van der Waals surface area contributed by atoms with Crippen molar-refractivity contribution < 1.29 is 9.90 Å². The molecule has 2 aromatic carbocycles. The van der Waals surface area contributed by atoms with Gasteiger partial charge in [-0.15, -0.1) is 0 Å². The molecule has 0 fully saturated rings. The number of hydrogen-bond donors (Lipinski definition) is 2. The Bertz CT molecular complexity index is 833. The average Bonchev–Trinajstić information content (AvgIpc) is 2.91. The standard InChI is InChI=1S/C25H43NS.C7H5ClO2.Pb.2H/c1-2-3-4-5-6-7-8-9-10-11-12-13-14-15-16-20-23-26-25(27)24-21-18-17-19-22-24;8-6-3-1-5(2-4-6)7(9)10;;;/h17-19,21-22H,2-16,20,23H2,1H3,(H,26,27);1-4H,(H,9,10);;;. The van der Waals surface area contributed by atoms with Gasteiger partial charge >= 0.3 is 33.3 Å². The quantitative estimate of drug-likeness (QED) is 0.0853. The number of benzene rings is 2. The monoisotopic (exact) mass is 755 g/mol. The summed E-state index contributed by atoms with van der Waals surface area (Å²) in [7, 11) is 0. The van der Waals surface area contributed by atoms with E-state index in [1.807, 2.05) is 18.2 Å². The molecule has 0 aliphatic heterocycles. The third-order valence-electron chi connectivity index (χ3n) is 6.44. The van der Waals surface area contributed by atoms with Gasteiger partial charge in [0.15, 0.2) is 0 Å². The van der Waals surface area contributed by atoms with Crippen molar-refractivity contribution in [2.24, 2.45) is 0 Å². The van der Waals surface area contributed by atoms with Crippen LogP contribution in [0.2, 0.25) is 5.02 Å². The molecule has 2 N–H and O–H groups in total. The van der Waals surface area contributed by atoms with E-state index in [9.17, 15) is 4.79 Å². The minimum atomic E-state index is -0.934. The van der Waals surface area contributed by atoms with Gasteiger partial charge in [-0.25, -0.2) is 4.79 Å². The maximum atomic E-state index is 10.3. The predicted octanol–water partition coefficient (Wildman–Crippen LogP) is 9.34. The number of aromatic carboxylic acids is 1. The number of unbranched alkanes of at least 4 members (excludes halogenated alkanes) is 15. The molecule has 0 aliphatic carbocycles. The van der Waals surface area contributed by atoms with Crippen LogP contribution in [0.5, 0.6) is 0 Å². The number of carbonyl (C=O) groups is 1. The second-order valence-corrected chi connectivity index (χ2v) is 10.6. The molecule has 38 heavy (non-hydrogen) atoms. The van der Waals surface area contributed by atoms with Crippen molar-refractivity contribution >= 4 is 62.1 Å². The van der Waals surface area contributed by atoms with Crippen LogP contribution < -0.4 is 5.32 Å². The van der Waals surface area contributed by atoms with Gasteiger partial charge in [0.1, 0.15) is 4.99 Å². The Balaban J connectivity index is 0.00000104. The third kappa shape index (κ3) is 20.9. The van der Waals surface area contributed by atoms with E-state index in [1.54, 1.807) is 12.1 Å². The van der Waals surface area contributed by atoms with Gasteiger partial charge in [-0.3, -0.25) is 0 Å². The molecule has 2 radical (unpaired) electrons. The first kappa shape index (κ1) is 37.0. The van der Waals surface area contributed by atoms with Crippen LogP contribution in [-0.4, -0.2) is 49.9 Å². The zero-order chi connectivity index (χ0) is 27.0. The molecule has 212 valence electrons. The zero-order valence-corrected chi connectivity index (χ0v) is 30.6. The van der Waals surface area contributed by atoms with Crippen LogP contribution in [0.25, 0.3) is 0 Å². The molecule has 0 heterocycles. The summed E-state index contributed by atoms with van der Waals surface area (Å²) in [5.74, 6) is -0.934. The number of hydrogen-bond acceptors (Lipinski definition) is 2. The molecule has 6 heteroatoms. The maximum absolute atomic E-state index is 10.3. The van der Waals surface area contributed by atoms with E-state index in [0.717, 1.165) is 17.1 Å².